The van der Waals surface area contributed by atoms with Crippen LogP contribution in [0.3, 0.4) is 0 Å². The number of phenolic OH excluding ortho intramolecular Hbond substituents is 1. The lowest BCUT2D eigenvalue weighted by Crippen LogP contribution is -2.65. The quantitative estimate of drug-likeness (QED) is 0.220. The summed E-state index contributed by atoms with van der Waals surface area (Å²) in [6.07, 6.45) is 0.193. The average Bonchev–Trinajstić information content (AvgIpc) is 3.03. The number of rotatable bonds is 2. The molecule has 0 spiro atoms. The maximum Gasteiger partial charge on any atom is 0.255 e. The molecule has 0 saturated heterocycles. The van der Waals surface area contributed by atoms with E-state index >= 15 is 0 Å². The molecule has 1 aromatic carbocycles. The topological polar surface area (TPSA) is 194 Å². The number of fused-ring (bicyclic) bond motifs is 4. The number of aliphatic hydroxyl groups excluding tert-OH is 2. The van der Waals surface area contributed by atoms with Crippen LogP contribution in [0, 0.1) is 18.8 Å². The number of ketones is 2. The number of carbonyl (C=O) groups excluding carboxylic acids is 4. The molecule has 4 aliphatic rings. The van der Waals surface area contributed by atoms with Crippen LogP contribution in [0.1, 0.15) is 49.4 Å². The highest BCUT2D eigenvalue weighted by molar-refractivity contribution is 6.24. The Kier molecular flexibility index (Phi) is 6.41. The van der Waals surface area contributed by atoms with Crippen molar-refractivity contribution in [3.8, 4) is 5.75 Å². The zero-order chi connectivity index (χ0) is 30.5. The van der Waals surface area contributed by atoms with Crippen LogP contribution in [0.25, 0.3) is 5.76 Å². The molecule has 1 aromatic rings. The number of Topliss-reactive ketones (excluding diaryl/α,β-unsaturated/α-hetero) is 2. The number of likely N-dealkylation sites (N-methyl/N-ethyl adjacent to an activating group) is 1. The predicted octanol–water partition coefficient (Wildman–Crippen LogP) is 0.825. The fourth-order valence-electron chi connectivity index (χ4n) is 7.02. The monoisotopic (exact) mass is 568 g/mol. The Hall–Kier alpha value is -3.74. The van der Waals surface area contributed by atoms with Crippen LogP contribution >= 0.6 is 0 Å². The molecule has 7 N–H and O–H groups in total. The second kappa shape index (κ2) is 9.13. The van der Waals surface area contributed by atoms with Gasteiger partial charge < -0.3 is 31.5 Å². The van der Waals surface area contributed by atoms with Crippen LogP contribution in [0.4, 0.5) is 5.69 Å². The molecule has 0 bridgehead atoms. The lowest BCUT2D eigenvalue weighted by molar-refractivity contribution is -0.153. The van der Waals surface area contributed by atoms with Crippen LogP contribution in [0.5, 0.6) is 5.75 Å². The van der Waals surface area contributed by atoms with Crippen LogP contribution in [-0.2, 0) is 32.1 Å². The van der Waals surface area contributed by atoms with Crippen molar-refractivity contribution >= 4 is 34.8 Å². The van der Waals surface area contributed by atoms with Gasteiger partial charge in [-0.15, -0.1) is 0 Å². The molecule has 41 heavy (non-hydrogen) atoms. The lowest BCUT2D eigenvalue weighted by Gasteiger charge is -2.50. The molecule has 220 valence electrons. The Balaban J connectivity index is 1.73. The number of hydrogen-bond acceptors (Lipinski definition) is 10. The second-order valence-corrected chi connectivity index (χ2v) is 12.7. The summed E-state index contributed by atoms with van der Waals surface area (Å²) in [5.41, 5.74) is 3.30. The van der Waals surface area contributed by atoms with Gasteiger partial charge in [0.05, 0.1) is 23.8 Å². The zero-order valence-electron chi connectivity index (χ0n) is 24.0. The number of anilines is 1. The van der Waals surface area contributed by atoms with Crippen molar-refractivity contribution in [1.29, 1.82) is 0 Å². The molecule has 1 heterocycles. The van der Waals surface area contributed by atoms with Crippen molar-refractivity contribution in [2.75, 3.05) is 26.0 Å². The van der Waals surface area contributed by atoms with Crippen molar-refractivity contribution in [2.45, 2.75) is 64.3 Å². The number of benzene rings is 1. The molecule has 2 amide bonds. The van der Waals surface area contributed by atoms with Gasteiger partial charge in [0.1, 0.15) is 17.1 Å². The van der Waals surface area contributed by atoms with Gasteiger partial charge in [-0.25, -0.2) is 0 Å². The Labute approximate surface area is 237 Å². The summed E-state index contributed by atoms with van der Waals surface area (Å²) < 4.78 is 0. The van der Waals surface area contributed by atoms with Gasteiger partial charge in [-0.2, -0.15) is 0 Å². The van der Waals surface area contributed by atoms with Crippen LogP contribution < -0.4 is 11.1 Å². The molecular weight excluding hydrogens is 532 g/mol. The van der Waals surface area contributed by atoms with Gasteiger partial charge in [0.25, 0.3) is 5.91 Å². The average molecular weight is 569 g/mol. The smallest absolute Gasteiger partial charge is 0.255 e. The number of aliphatic hydroxyl groups is 3. The Morgan fingerprint density at radius 1 is 1.10 bits per heavy atom. The maximum absolute atomic E-state index is 14.0. The number of amides is 2. The van der Waals surface area contributed by atoms with Crippen molar-refractivity contribution in [1.82, 2.24) is 9.80 Å². The minimum atomic E-state index is -2.71. The Morgan fingerprint density at radius 2 is 1.73 bits per heavy atom. The van der Waals surface area contributed by atoms with E-state index in [9.17, 15) is 39.6 Å². The standard InChI is InChI=1S/C29H36N4O8/c1-11-13-7-12-8-15-21(32(5)6)24(37)19(27(30)40)26(39)29(15,41)25(38)17(12)22(35)18(13)23(36)20-14(11)9-33(28(2,3)4)10-16(34)31-20/h12,15,21,35-36,39,41H,7-10H2,1-6H3,(H2,30,40)(H,31,34)/t12-,15-,21-,29-/m0/s1. The van der Waals surface area contributed by atoms with Gasteiger partial charge in [-0.05, 0) is 77.2 Å². The highest BCUT2D eigenvalue weighted by Crippen LogP contribution is 2.54. The third-order valence-electron chi connectivity index (χ3n) is 9.19. The van der Waals surface area contributed by atoms with Crippen molar-refractivity contribution in [3.63, 3.8) is 0 Å². The molecule has 0 unspecified atom stereocenters. The molecule has 0 radical (unpaired) electrons. The predicted molar refractivity (Wildman–Crippen MR) is 148 cm³/mol. The van der Waals surface area contributed by atoms with Gasteiger partial charge in [0.15, 0.2) is 17.1 Å². The largest absolute Gasteiger partial charge is 0.508 e. The molecule has 5 rings (SSSR count). The highest BCUT2D eigenvalue weighted by Gasteiger charge is 2.64. The van der Waals surface area contributed by atoms with Gasteiger partial charge >= 0.3 is 0 Å². The van der Waals surface area contributed by atoms with E-state index in [4.69, 9.17) is 5.73 Å². The van der Waals surface area contributed by atoms with Crippen molar-refractivity contribution < 1.29 is 39.6 Å². The normalized spacial score (nSPS) is 28.6. The molecule has 12 nitrogen and oxygen atoms in total. The van der Waals surface area contributed by atoms with E-state index in [1.165, 1.54) is 4.90 Å². The first-order chi connectivity index (χ1) is 18.9. The number of nitrogens with one attached hydrogen (secondary N) is 1. The lowest BCUT2D eigenvalue weighted by atomic mass is 9.57. The van der Waals surface area contributed by atoms with E-state index in [1.54, 1.807) is 14.1 Å². The highest BCUT2D eigenvalue weighted by atomic mass is 16.3. The van der Waals surface area contributed by atoms with Gasteiger partial charge in [-0.1, -0.05) is 0 Å². The summed E-state index contributed by atoms with van der Waals surface area (Å²) in [5, 5.41) is 48.5. The number of hydrogen-bond donors (Lipinski definition) is 6. The van der Waals surface area contributed by atoms with Crippen molar-refractivity contribution in [3.05, 3.63) is 39.2 Å². The summed E-state index contributed by atoms with van der Waals surface area (Å²) >= 11 is 0. The number of nitrogens with two attached hydrogens (primary N) is 1. The number of carbonyl (C=O) groups is 4. The minimum Gasteiger partial charge on any atom is -0.508 e. The summed E-state index contributed by atoms with van der Waals surface area (Å²) in [6.45, 7) is 8.20. The second-order valence-electron chi connectivity index (χ2n) is 12.7. The molecule has 1 saturated carbocycles. The SMILES string of the molecule is Cc1c2c(c(O)c3c1C[C@H]1C[C@H]4[C@H](N(C)C)C(=O)C(C(N)=O)=C(O)[C@@]4(O)C(=O)C1=C3O)NC(=O)CN(C(C)(C)C)C2. The summed E-state index contributed by atoms with van der Waals surface area (Å²) in [5.74, 6) is -7.46. The Bertz CT molecular complexity index is 1500. The summed E-state index contributed by atoms with van der Waals surface area (Å²) in [4.78, 5) is 55.7. The molecule has 12 heteroatoms. The van der Waals surface area contributed by atoms with E-state index in [2.05, 4.69) is 5.32 Å². The Morgan fingerprint density at radius 3 is 2.29 bits per heavy atom. The first-order valence-electron chi connectivity index (χ1n) is 13.5. The minimum absolute atomic E-state index is 0.00784. The number of nitrogens with zero attached hydrogens (tertiary/aromatic N) is 2. The van der Waals surface area contributed by atoms with E-state index < -0.39 is 63.8 Å². The molecule has 0 aromatic heterocycles. The summed E-state index contributed by atoms with van der Waals surface area (Å²) in [6, 6.07) is -1.15. The first kappa shape index (κ1) is 28.8. The van der Waals surface area contributed by atoms with Gasteiger partial charge in [0.2, 0.25) is 11.7 Å². The fourth-order valence-corrected chi connectivity index (χ4v) is 7.02. The molecule has 4 atom stereocenters. The van der Waals surface area contributed by atoms with E-state index in [1.807, 2.05) is 32.6 Å². The molecule has 1 fully saturated rings. The number of primary amides is 1. The van der Waals surface area contributed by atoms with E-state index in [0.29, 0.717) is 17.7 Å². The first-order valence-corrected chi connectivity index (χ1v) is 13.5. The van der Waals surface area contributed by atoms with Crippen LogP contribution in [0.2, 0.25) is 0 Å². The molecule has 3 aliphatic carbocycles. The van der Waals surface area contributed by atoms with Crippen LogP contribution in [0.15, 0.2) is 16.9 Å². The van der Waals surface area contributed by atoms with Crippen molar-refractivity contribution in [2.24, 2.45) is 17.6 Å². The maximum atomic E-state index is 14.0. The number of aromatic hydroxyl groups is 1. The molecular formula is C29H36N4O8. The summed E-state index contributed by atoms with van der Waals surface area (Å²) in [7, 11) is 3.11. The van der Waals surface area contributed by atoms with Gasteiger partial charge in [0, 0.05) is 23.6 Å². The zero-order valence-corrected chi connectivity index (χ0v) is 24.0. The third kappa shape index (κ3) is 3.92. The molecule has 1 aliphatic heterocycles. The third-order valence-corrected chi connectivity index (χ3v) is 9.19. The van der Waals surface area contributed by atoms with Crippen LogP contribution in [-0.4, -0.2) is 91.4 Å². The van der Waals surface area contributed by atoms with E-state index in [-0.39, 0.29) is 47.7 Å². The number of phenols is 1. The van der Waals surface area contributed by atoms with Gasteiger partial charge in [-0.3, -0.25) is 29.0 Å². The van der Waals surface area contributed by atoms with E-state index in [0.717, 1.165) is 5.56 Å². The fraction of sp³-hybridized carbons (Fsp3) is 0.517.